The second kappa shape index (κ2) is 5.44. The molecule has 0 aliphatic heterocycles. The molecule has 1 atom stereocenters. The van der Waals surface area contributed by atoms with Crippen LogP contribution in [0.15, 0.2) is 30.3 Å². The Hall–Kier alpha value is -0.893. The zero-order valence-electron chi connectivity index (χ0n) is 10.8. The Balaban J connectivity index is 2.55. The molecule has 16 heavy (non-hydrogen) atoms. The van der Waals surface area contributed by atoms with Crippen LogP contribution in [0.5, 0.6) is 0 Å². The molecule has 1 aromatic carbocycles. The zero-order chi connectivity index (χ0) is 12.2. The number of hydrogen-bond acceptors (Lipinski definition) is 1. The normalized spacial score (nSPS) is 13.5. The van der Waals surface area contributed by atoms with Crippen molar-refractivity contribution in [3.63, 3.8) is 0 Å². The number of benzene rings is 1. The van der Waals surface area contributed by atoms with Crippen molar-refractivity contribution in [1.82, 2.24) is 0 Å². The molecule has 1 rings (SSSR count). The number of hydrogen-bond donors (Lipinski definition) is 0. The van der Waals surface area contributed by atoms with Crippen molar-refractivity contribution >= 4 is 13.9 Å². The standard InChI is InChI=1S/C14H22OSi/c1-12(13-8-6-5-7-9-13)14(15)10-11-16(2,3)4/h5-9,12H,10-11H2,1-4H3. The summed E-state index contributed by atoms with van der Waals surface area (Å²) >= 11 is 0. The first kappa shape index (κ1) is 13.2. The van der Waals surface area contributed by atoms with Gasteiger partial charge in [0.05, 0.1) is 0 Å². The predicted octanol–water partition coefficient (Wildman–Crippen LogP) is 4.09. The van der Waals surface area contributed by atoms with Gasteiger partial charge in [0, 0.05) is 20.4 Å². The van der Waals surface area contributed by atoms with Gasteiger partial charge in [0.25, 0.3) is 0 Å². The molecule has 0 saturated heterocycles. The summed E-state index contributed by atoms with van der Waals surface area (Å²) in [6.07, 6.45) is 0.742. The van der Waals surface area contributed by atoms with Crippen LogP contribution in [-0.2, 0) is 4.79 Å². The molecule has 1 unspecified atom stereocenters. The van der Waals surface area contributed by atoms with Crippen LogP contribution in [0.3, 0.4) is 0 Å². The van der Waals surface area contributed by atoms with Gasteiger partial charge in [-0.3, -0.25) is 4.79 Å². The molecule has 88 valence electrons. The number of carbonyl (C=O) groups is 1. The van der Waals surface area contributed by atoms with E-state index in [-0.39, 0.29) is 5.92 Å². The highest BCUT2D eigenvalue weighted by Crippen LogP contribution is 2.20. The molecule has 0 amide bonds. The minimum atomic E-state index is -1.09. The van der Waals surface area contributed by atoms with E-state index in [2.05, 4.69) is 19.6 Å². The van der Waals surface area contributed by atoms with Crippen LogP contribution in [0.4, 0.5) is 0 Å². The second-order valence-electron chi connectivity index (χ2n) is 5.66. The molecular formula is C14H22OSi. The van der Waals surface area contributed by atoms with Crippen molar-refractivity contribution in [2.75, 3.05) is 0 Å². The molecule has 0 radical (unpaired) electrons. The van der Waals surface area contributed by atoms with E-state index in [4.69, 9.17) is 0 Å². The summed E-state index contributed by atoms with van der Waals surface area (Å²) in [5.74, 6) is 0.436. The summed E-state index contributed by atoms with van der Waals surface area (Å²) in [5, 5.41) is 0. The first-order chi connectivity index (χ1) is 7.40. The molecule has 0 fully saturated rings. The highest BCUT2D eigenvalue weighted by Gasteiger charge is 2.19. The summed E-state index contributed by atoms with van der Waals surface area (Å²) in [4.78, 5) is 12.0. The molecule has 0 saturated carbocycles. The molecule has 0 heterocycles. The lowest BCUT2D eigenvalue weighted by atomic mass is 9.95. The molecule has 0 N–H and O–H groups in total. The lowest BCUT2D eigenvalue weighted by molar-refractivity contribution is -0.119. The van der Waals surface area contributed by atoms with Crippen LogP contribution in [-0.4, -0.2) is 13.9 Å². The molecule has 0 aromatic heterocycles. The summed E-state index contributed by atoms with van der Waals surface area (Å²) in [6.45, 7) is 8.95. The van der Waals surface area contributed by atoms with Gasteiger partial charge in [0.1, 0.15) is 5.78 Å². The molecule has 0 aliphatic carbocycles. The maximum absolute atomic E-state index is 12.0. The van der Waals surface area contributed by atoms with E-state index in [1.165, 1.54) is 0 Å². The van der Waals surface area contributed by atoms with Crippen LogP contribution in [0, 0.1) is 0 Å². The van der Waals surface area contributed by atoms with Crippen molar-refractivity contribution in [3.8, 4) is 0 Å². The van der Waals surface area contributed by atoms with Crippen molar-refractivity contribution < 1.29 is 4.79 Å². The molecule has 0 bridgehead atoms. The quantitative estimate of drug-likeness (QED) is 0.701. The van der Waals surface area contributed by atoms with Crippen LogP contribution in [0.25, 0.3) is 0 Å². The minimum Gasteiger partial charge on any atom is -0.299 e. The topological polar surface area (TPSA) is 17.1 Å². The maximum atomic E-state index is 12.0. The monoisotopic (exact) mass is 234 g/mol. The molecule has 0 aliphatic rings. The first-order valence-electron chi connectivity index (χ1n) is 5.98. The fourth-order valence-electron chi connectivity index (χ4n) is 1.64. The summed E-state index contributed by atoms with van der Waals surface area (Å²) in [7, 11) is -1.09. The third-order valence-corrected chi connectivity index (χ3v) is 4.65. The smallest absolute Gasteiger partial charge is 0.139 e. The van der Waals surface area contributed by atoms with Gasteiger partial charge < -0.3 is 0 Å². The van der Waals surface area contributed by atoms with E-state index >= 15 is 0 Å². The average molecular weight is 234 g/mol. The summed E-state index contributed by atoms with van der Waals surface area (Å²) < 4.78 is 0. The van der Waals surface area contributed by atoms with E-state index in [0.717, 1.165) is 18.0 Å². The van der Waals surface area contributed by atoms with Crippen molar-refractivity contribution in [2.24, 2.45) is 0 Å². The average Bonchev–Trinajstić information content (AvgIpc) is 2.25. The van der Waals surface area contributed by atoms with Gasteiger partial charge in [-0.1, -0.05) is 62.9 Å². The van der Waals surface area contributed by atoms with Crippen LogP contribution < -0.4 is 0 Å². The largest absolute Gasteiger partial charge is 0.299 e. The Labute approximate surface area is 99.9 Å². The van der Waals surface area contributed by atoms with Crippen molar-refractivity contribution in [3.05, 3.63) is 35.9 Å². The Morgan fingerprint density at radius 1 is 1.19 bits per heavy atom. The maximum Gasteiger partial charge on any atom is 0.139 e. The number of Topliss-reactive ketones (excluding diaryl/α,β-unsaturated/α-hetero) is 1. The Kier molecular flexibility index (Phi) is 4.48. The first-order valence-corrected chi connectivity index (χ1v) is 9.68. The number of rotatable bonds is 5. The lowest BCUT2D eigenvalue weighted by Gasteiger charge is -2.17. The molecule has 1 nitrogen and oxygen atoms in total. The van der Waals surface area contributed by atoms with Gasteiger partial charge in [-0.25, -0.2) is 0 Å². The third-order valence-electron chi connectivity index (χ3n) is 2.90. The number of carbonyl (C=O) groups excluding carboxylic acids is 1. The van der Waals surface area contributed by atoms with Gasteiger partial charge in [0.2, 0.25) is 0 Å². The van der Waals surface area contributed by atoms with Gasteiger partial charge >= 0.3 is 0 Å². The van der Waals surface area contributed by atoms with E-state index in [0.29, 0.717) is 5.78 Å². The van der Waals surface area contributed by atoms with Crippen molar-refractivity contribution in [2.45, 2.75) is 44.9 Å². The fourth-order valence-corrected chi connectivity index (χ4v) is 2.64. The molecule has 2 heteroatoms. The second-order valence-corrected chi connectivity index (χ2v) is 11.3. The highest BCUT2D eigenvalue weighted by molar-refractivity contribution is 6.76. The SMILES string of the molecule is CC(C(=O)CC[Si](C)(C)C)c1ccccc1. The van der Waals surface area contributed by atoms with Crippen LogP contribution in [0.2, 0.25) is 25.7 Å². The number of ketones is 1. The fraction of sp³-hybridized carbons (Fsp3) is 0.500. The van der Waals surface area contributed by atoms with Gasteiger partial charge in [-0.15, -0.1) is 0 Å². The summed E-state index contributed by atoms with van der Waals surface area (Å²) in [5.41, 5.74) is 1.14. The minimum absolute atomic E-state index is 0.0533. The molecule has 0 spiro atoms. The highest BCUT2D eigenvalue weighted by atomic mass is 28.3. The Bertz CT molecular complexity index is 338. The Morgan fingerprint density at radius 3 is 2.25 bits per heavy atom. The molecular weight excluding hydrogens is 212 g/mol. The van der Waals surface area contributed by atoms with E-state index in [9.17, 15) is 4.79 Å². The van der Waals surface area contributed by atoms with Crippen molar-refractivity contribution in [1.29, 1.82) is 0 Å². The zero-order valence-corrected chi connectivity index (χ0v) is 11.8. The Morgan fingerprint density at radius 2 is 1.75 bits per heavy atom. The third kappa shape index (κ3) is 4.31. The van der Waals surface area contributed by atoms with Crippen LogP contribution >= 0.6 is 0 Å². The van der Waals surface area contributed by atoms with Gasteiger partial charge in [-0.05, 0) is 5.56 Å². The van der Waals surface area contributed by atoms with E-state index < -0.39 is 8.07 Å². The van der Waals surface area contributed by atoms with Gasteiger partial charge in [0.15, 0.2) is 0 Å². The summed E-state index contributed by atoms with van der Waals surface area (Å²) in [6, 6.07) is 11.2. The van der Waals surface area contributed by atoms with Crippen LogP contribution in [0.1, 0.15) is 24.8 Å². The van der Waals surface area contributed by atoms with Gasteiger partial charge in [-0.2, -0.15) is 0 Å². The van der Waals surface area contributed by atoms with E-state index in [1.807, 2.05) is 37.3 Å². The lowest BCUT2D eigenvalue weighted by Crippen LogP contribution is -2.22. The predicted molar refractivity (Wildman–Crippen MR) is 72.6 cm³/mol. The molecule has 1 aromatic rings. The van der Waals surface area contributed by atoms with E-state index in [1.54, 1.807) is 0 Å².